The molecule has 0 spiro atoms. The molecule has 0 radical (unpaired) electrons. The molecule has 3 aromatic rings. The fourth-order valence-corrected chi connectivity index (χ4v) is 2.93. The number of aromatic nitrogens is 2. The average Bonchev–Trinajstić information content (AvgIpc) is 2.63. The molecular formula is C17H12FN3O5. The van der Waals surface area contributed by atoms with Gasteiger partial charge in [-0.15, -0.1) is 0 Å². The lowest BCUT2D eigenvalue weighted by Crippen LogP contribution is -2.22. The average molecular weight is 357 g/mol. The van der Waals surface area contributed by atoms with Crippen molar-refractivity contribution in [3.8, 4) is 5.75 Å². The minimum Gasteiger partial charge on any atom is -0.467 e. The maximum absolute atomic E-state index is 13.3. The van der Waals surface area contributed by atoms with Crippen LogP contribution >= 0.6 is 0 Å². The summed E-state index contributed by atoms with van der Waals surface area (Å²) >= 11 is 0. The topological polar surface area (TPSA) is 96.5 Å². The van der Waals surface area contributed by atoms with Crippen LogP contribution in [0.5, 0.6) is 5.75 Å². The van der Waals surface area contributed by atoms with Crippen molar-refractivity contribution in [2.24, 2.45) is 0 Å². The highest BCUT2D eigenvalue weighted by Gasteiger charge is 2.21. The highest BCUT2D eigenvalue weighted by molar-refractivity contribution is 5.77. The highest BCUT2D eigenvalue weighted by Crippen LogP contribution is 2.33. The van der Waals surface area contributed by atoms with Crippen LogP contribution in [0.3, 0.4) is 0 Å². The minimum atomic E-state index is -0.511. The summed E-state index contributed by atoms with van der Waals surface area (Å²) in [6, 6.07) is 6.49. The molecule has 0 atom stereocenters. The third-order valence-electron chi connectivity index (χ3n) is 4.11. The summed E-state index contributed by atoms with van der Waals surface area (Å²) in [6.07, 6.45) is 1.29. The predicted molar refractivity (Wildman–Crippen MR) is 88.4 cm³/mol. The summed E-state index contributed by atoms with van der Waals surface area (Å²) < 4.78 is 25.2. The molecule has 0 N–H and O–H groups in total. The molecule has 1 aliphatic heterocycles. The quantitative estimate of drug-likeness (QED) is 0.527. The van der Waals surface area contributed by atoms with Gasteiger partial charge in [0, 0.05) is 29.3 Å². The molecule has 4 rings (SSSR count). The van der Waals surface area contributed by atoms with Crippen molar-refractivity contribution in [3.63, 3.8) is 0 Å². The Kier molecular flexibility index (Phi) is 3.85. The number of non-ortho nitro benzene ring substituents is 1. The van der Waals surface area contributed by atoms with Gasteiger partial charge in [-0.25, -0.2) is 9.37 Å². The molecule has 2 heterocycles. The zero-order valence-electron chi connectivity index (χ0n) is 13.3. The normalized spacial score (nSPS) is 13.3. The second-order valence-corrected chi connectivity index (χ2v) is 5.80. The smallest absolute Gasteiger partial charge is 0.270 e. The Morgan fingerprint density at radius 1 is 1.31 bits per heavy atom. The first-order chi connectivity index (χ1) is 12.5. The Bertz CT molecular complexity index is 1100. The van der Waals surface area contributed by atoms with Gasteiger partial charge in [0.15, 0.2) is 6.79 Å². The largest absolute Gasteiger partial charge is 0.467 e. The van der Waals surface area contributed by atoms with E-state index in [0.717, 1.165) is 0 Å². The van der Waals surface area contributed by atoms with E-state index in [1.807, 2.05) is 0 Å². The molecule has 9 heteroatoms. The van der Waals surface area contributed by atoms with Crippen LogP contribution in [-0.2, 0) is 17.9 Å². The van der Waals surface area contributed by atoms with E-state index in [9.17, 15) is 19.3 Å². The van der Waals surface area contributed by atoms with Gasteiger partial charge in [0.05, 0.1) is 35.3 Å². The summed E-state index contributed by atoms with van der Waals surface area (Å²) in [5.74, 6) is -0.0174. The fraction of sp³-hybridized carbons (Fsp3) is 0.176. The molecule has 1 aromatic heterocycles. The van der Waals surface area contributed by atoms with E-state index >= 15 is 0 Å². The Morgan fingerprint density at radius 2 is 2.15 bits per heavy atom. The second-order valence-electron chi connectivity index (χ2n) is 5.80. The van der Waals surface area contributed by atoms with Crippen molar-refractivity contribution >= 4 is 16.6 Å². The summed E-state index contributed by atoms with van der Waals surface area (Å²) in [5, 5.41) is 11.4. The summed E-state index contributed by atoms with van der Waals surface area (Å²) in [6.45, 7) is 0.249. The first-order valence-electron chi connectivity index (χ1n) is 7.68. The van der Waals surface area contributed by atoms with Crippen LogP contribution in [0.15, 0.2) is 41.5 Å². The zero-order valence-corrected chi connectivity index (χ0v) is 13.3. The van der Waals surface area contributed by atoms with Crippen LogP contribution in [-0.4, -0.2) is 21.3 Å². The molecule has 26 heavy (non-hydrogen) atoms. The molecule has 8 nitrogen and oxygen atoms in total. The third kappa shape index (κ3) is 2.78. The van der Waals surface area contributed by atoms with Gasteiger partial charge in [-0.3, -0.25) is 19.5 Å². The lowest BCUT2D eigenvalue weighted by Gasteiger charge is -2.20. The molecule has 1 aliphatic rings. The van der Waals surface area contributed by atoms with Gasteiger partial charge in [0.25, 0.3) is 11.2 Å². The fourth-order valence-electron chi connectivity index (χ4n) is 2.93. The van der Waals surface area contributed by atoms with Crippen LogP contribution in [0.2, 0.25) is 0 Å². The predicted octanol–water partition coefficient (Wildman–Crippen LogP) is 2.36. The molecule has 0 bridgehead atoms. The number of hydrogen-bond acceptors (Lipinski definition) is 6. The molecule has 0 unspecified atom stereocenters. The third-order valence-corrected chi connectivity index (χ3v) is 4.11. The van der Waals surface area contributed by atoms with E-state index in [0.29, 0.717) is 16.9 Å². The monoisotopic (exact) mass is 357 g/mol. The van der Waals surface area contributed by atoms with Crippen LogP contribution in [0, 0.1) is 15.9 Å². The van der Waals surface area contributed by atoms with Crippen molar-refractivity contribution in [3.05, 3.63) is 74.1 Å². The standard InChI is InChI=1S/C17H12FN3O5/c18-12-1-2-14-15(5-12)19-8-20(17(14)22)6-10-3-13(21(23)24)4-11-7-25-9-26-16(10)11/h1-5,8H,6-7,9H2. The number of hydrogen-bond donors (Lipinski definition) is 0. The van der Waals surface area contributed by atoms with Gasteiger partial charge >= 0.3 is 0 Å². The van der Waals surface area contributed by atoms with Gasteiger partial charge < -0.3 is 9.47 Å². The van der Waals surface area contributed by atoms with Crippen molar-refractivity contribution in [2.75, 3.05) is 6.79 Å². The Balaban J connectivity index is 1.82. The van der Waals surface area contributed by atoms with E-state index in [4.69, 9.17) is 9.47 Å². The first-order valence-corrected chi connectivity index (χ1v) is 7.68. The van der Waals surface area contributed by atoms with E-state index in [1.165, 1.54) is 41.2 Å². The summed E-state index contributed by atoms with van der Waals surface area (Å²) in [4.78, 5) is 27.4. The number of nitro groups is 1. The van der Waals surface area contributed by atoms with Crippen LogP contribution in [0.25, 0.3) is 10.9 Å². The molecule has 0 saturated heterocycles. The first kappa shape index (κ1) is 16.2. The lowest BCUT2D eigenvalue weighted by atomic mass is 10.1. The van der Waals surface area contributed by atoms with E-state index in [2.05, 4.69) is 4.98 Å². The maximum atomic E-state index is 13.3. The molecule has 2 aromatic carbocycles. The Labute approximate surface area is 145 Å². The molecule has 0 amide bonds. The summed E-state index contributed by atoms with van der Waals surface area (Å²) in [7, 11) is 0. The van der Waals surface area contributed by atoms with Crippen molar-refractivity contribution < 1.29 is 18.8 Å². The van der Waals surface area contributed by atoms with E-state index in [1.54, 1.807) is 0 Å². The van der Waals surface area contributed by atoms with Gasteiger partial charge in [-0.1, -0.05) is 0 Å². The SMILES string of the molecule is O=c1c2ccc(F)cc2ncn1Cc1cc([N+](=O)[O-])cc2c1OCOC2. The van der Waals surface area contributed by atoms with Crippen molar-refractivity contribution in [2.45, 2.75) is 13.2 Å². The number of benzene rings is 2. The molecule has 0 saturated carbocycles. The van der Waals surface area contributed by atoms with Crippen molar-refractivity contribution in [1.29, 1.82) is 0 Å². The van der Waals surface area contributed by atoms with Crippen LogP contribution in [0.4, 0.5) is 10.1 Å². The zero-order chi connectivity index (χ0) is 18.3. The number of rotatable bonds is 3. The molecular weight excluding hydrogens is 345 g/mol. The molecule has 132 valence electrons. The number of halogens is 1. The Morgan fingerprint density at radius 3 is 2.96 bits per heavy atom. The second kappa shape index (κ2) is 6.19. The van der Waals surface area contributed by atoms with Gasteiger partial charge in [-0.2, -0.15) is 0 Å². The number of nitro benzene ring substituents is 1. The van der Waals surface area contributed by atoms with Crippen LogP contribution in [0.1, 0.15) is 11.1 Å². The number of fused-ring (bicyclic) bond motifs is 2. The van der Waals surface area contributed by atoms with Gasteiger partial charge in [0.1, 0.15) is 11.6 Å². The minimum absolute atomic E-state index is 0.0297. The highest BCUT2D eigenvalue weighted by atomic mass is 19.1. The number of nitrogens with zero attached hydrogens (tertiary/aromatic N) is 3. The van der Waals surface area contributed by atoms with E-state index in [-0.39, 0.29) is 42.1 Å². The molecule has 0 aliphatic carbocycles. The van der Waals surface area contributed by atoms with Crippen molar-refractivity contribution in [1.82, 2.24) is 9.55 Å². The van der Waals surface area contributed by atoms with Gasteiger partial charge in [-0.05, 0) is 12.1 Å². The van der Waals surface area contributed by atoms with Gasteiger partial charge in [0.2, 0.25) is 0 Å². The lowest BCUT2D eigenvalue weighted by molar-refractivity contribution is -0.385. The maximum Gasteiger partial charge on any atom is 0.270 e. The van der Waals surface area contributed by atoms with E-state index < -0.39 is 10.7 Å². The molecule has 0 fully saturated rings. The summed E-state index contributed by atoms with van der Waals surface area (Å²) in [5.41, 5.74) is 0.781. The van der Waals surface area contributed by atoms with Crippen LogP contribution < -0.4 is 10.3 Å². The number of ether oxygens (including phenoxy) is 2. The Hall–Kier alpha value is -3.33.